The normalized spacial score (nSPS) is 14.0. The second kappa shape index (κ2) is 20.2. The van der Waals surface area contributed by atoms with Gasteiger partial charge < -0.3 is 19.0 Å². The number of para-hydroxylation sites is 2. The van der Waals surface area contributed by atoms with E-state index in [1.807, 2.05) is 12.1 Å². The summed E-state index contributed by atoms with van der Waals surface area (Å²) in [4.78, 5) is 4.78. The molecule has 0 saturated carbocycles. The molecule has 1 unspecified atom stereocenters. The monoisotopic (exact) mass is 1160 g/mol. The van der Waals surface area contributed by atoms with Gasteiger partial charge in [0.1, 0.15) is 22.7 Å². The van der Waals surface area contributed by atoms with Crippen molar-refractivity contribution in [2.45, 2.75) is 11.8 Å². The molecule has 1 atom stereocenters. The molecule has 4 nitrogen and oxygen atoms in total. The van der Waals surface area contributed by atoms with Gasteiger partial charge >= 0.3 is 0 Å². The molecule has 2 heterocycles. The number of halogens is 1. The lowest BCUT2D eigenvalue weighted by Crippen LogP contribution is -2.32. The van der Waals surface area contributed by atoms with Crippen molar-refractivity contribution in [3.8, 4) is 67.1 Å². The van der Waals surface area contributed by atoms with Gasteiger partial charge in [0.25, 0.3) is 0 Å². The maximum atomic E-state index is 7.68. The summed E-state index contributed by atoms with van der Waals surface area (Å²) >= 11 is 7.44. The van der Waals surface area contributed by atoms with E-state index in [2.05, 4.69) is 307 Å². The maximum Gasteiger partial charge on any atom is 0.143 e. The Morgan fingerprint density at radius 1 is 0.315 bits per heavy atom. The zero-order valence-corrected chi connectivity index (χ0v) is 49.0. The van der Waals surface area contributed by atoms with Crippen LogP contribution in [0.15, 0.2) is 314 Å². The third-order valence-electron chi connectivity index (χ3n) is 18.7. The number of benzene rings is 14. The lowest BCUT2D eigenvalue weighted by molar-refractivity contribution is 0.436. The van der Waals surface area contributed by atoms with Crippen LogP contribution in [0.25, 0.3) is 88.3 Å². The SMILES string of the molecule is Clc1cccc2c1-c1ccccc1C21c2ccc(N(c3ccccc3)c3cc4c(c(-c5ccccc5)c3)-c3ccccc3C4)cc2Oc2cc(N(c3ccc(-c4ccccc4)cc3)c3cc(-c4ccc5ccccc5c4)c4oc5ccccc5c4c3)ccc21. The van der Waals surface area contributed by atoms with Crippen LogP contribution in [0.3, 0.4) is 0 Å². The third kappa shape index (κ3) is 8.00. The van der Waals surface area contributed by atoms with Crippen LogP contribution in [-0.2, 0) is 11.8 Å². The first kappa shape index (κ1) is 51.1. The van der Waals surface area contributed by atoms with E-state index in [1.54, 1.807) is 0 Å². The predicted octanol–water partition coefficient (Wildman–Crippen LogP) is 23.4. The number of hydrogen-bond donors (Lipinski definition) is 0. The first-order valence-electron chi connectivity index (χ1n) is 30.4. The van der Waals surface area contributed by atoms with E-state index in [0.29, 0.717) is 5.02 Å². The standard InChI is InChI=1S/C84H53ClN2O2/c85-77-33-18-32-76-82(77)69-30-14-16-31-73(69)84(76)74-43-41-63(86(61-26-8-3-9-27-61)65-47-60-46-58-25-12-13-28-67(58)81(60)70(48-65)56-22-6-2-7-23-56)51-79(74)88-80-52-64(42-44-75(80)84)87(62-39-37-55(38-40-62)53-19-4-1-5-20-53)66-49-71(59-36-35-54-21-10-11-24-57(54)45-59)83-72(50-66)68-29-15-17-34-78(68)89-83/h1-45,47-52H,46H2. The molecule has 0 N–H and O–H groups in total. The molecular weight excluding hydrogens is 1100 g/mol. The fourth-order valence-corrected chi connectivity index (χ4v) is 15.2. The Balaban J connectivity index is 0.866. The molecule has 0 radical (unpaired) electrons. The molecule has 89 heavy (non-hydrogen) atoms. The highest BCUT2D eigenvalue weighted by Gasteiger charge is 2.52. The van der Waals surface area contributed by atoms with Crippen LogP contribution in [-0.4, -0.2) is 0 Å². The quantitative estimate of drug-likeness (QED) is 0.144. The molecule has 1 spiro atoms. The van der Waals surface area contributed by atoms with Crippen LogP contribution in [0.4, 0.5) is 34.1 Å². The van der Waals surface area contributed by atoms with Gasteiger partial charge in [0.2, 0.25) is 0 Å². The third-order valence-corrected chi connectivity index (χ3v) is 19.1. The smallest absolute Gasteiger partial charge is 0.143 e. The average molecular weight is 1160 g/mol. The zero-order valence-electron chi connectivity index (χ0n) is 48.2. The van der Waals surface area contributed by atoms with Gasteiger partial charge in [0.05, 0.1) is 5.41 Å². The van der Waals surface area contributed by atoms with Crippen molar-refractivity contribution >= 4 is 78.4 Å². The Labute approximate surface area is 521 Å². The van der Waals surface area contributed by atoms with Gasteiger partial charge in [-0.3, -0.25) is 0 Å². The minimum Gasteiger partial charge on any atom is -0.457 e. The van der Waals surface area contributed by atoms with Gasteiger partial charge in [0, 0.05) is 84.3 Å². The van der Waals surface area contributed by atoms with Gasteiger partial charge in [-0.25, -0.2) is 0 Å². The second-order valence-electron chi connectivity index (χ2n) is 23.6. The van der Waals surface area contributed by atoms with Gasteiger partial charge in [-0.15, -0.1) is 0 Å². The minimum atomic E-state index is -0.811. The topological polar surface area (TPSA) is 28.9 Å². The summed E-state index contributed by atoms with van der Waals surface area (Å²) < 4.78 is 14.6. The van der Waals surface area contributed by atoms with E-state index in [0.717, 1.165) is 135 Å². The predicted molar refractivity (Wildman–Crippen MR) is 368 cm³/mol. The van der Waals surface area contributed by atoms with E-state index >= 15 is 0 Å². The number of rotatable bonds is 9. The largest absolute Gasteiger partial charge is 0.457 e. The Morgan fingerprint density at radius 3 is 1.65 bits per heavy atom. The second-order valence-corrected chi connectivity index (χ2v) is 24.0. The van der Waals surface area contributed by atoms with Gasteiger partial charge in [-0.1, -0.05) is 230 Å². The van der Waals surface area contributed by atoms with Crippen LogP contribution >= 0.6 is 11.6 Å². The fraction of sp³-hybridized carbons (Fsp3) is 0.0238. The van der Waals surface area contributed by atoms with Crippen LogP contribution < -0.4 is 14.5 Å². The summed E-state index contributed by atoms with van der Waals surface area (Å²) in [5.74, 6) is 1.51. The average Bonchev–Trinajstić information content (AvgIpc) is 1.59. The van der Waals surface area contributed by atoms with Crippen molar-refractivity contribution in [2.75, 3.05) is 9.80 Å². The Kier molecular flexibility index (Phi) is 11.6. The molecule has 0 bridgehead atoms. The number of nitrogens with zero attached hydrogens (tertiary/aromatic N) is 2. The summed E-state index contributed by atoms with van der Waals surface area (Å²) in [6, 6.07) is 112. The molecule has 5 heteroatoms. The lowest BCUT2D eigenvalue weighted by Gasteiger charge is -2.40. The van der Waals surface area contributed by atoms with Crippen LogP contribution in [0.1, 0.15) is 33.4 Å². The summed E-state index contributed by atoms with van der Waals surface area (Å²) in [6.07, 6.45) is 0.851. The number of furan rings is 1. The molecule has 0 saturated heterocycles. The molecular formula is C84H53ClN2O2. The summed E-state index contributed by atoms with van der Waals surface area (Å²) in [7, 11) is 0. The summed E-state index contributed by atoms with van der Waals surface area (Å²) in [5, 5.41) is 5.15. The van der Waals surface area contributed by atoms with Gasteiger partial charge in [0.15, 0.2) is 0 Å². The highest BCUT2D eigenvalue weighted by molar-refractivity contribution is 6.34. The van der Waals surface area contributed by atoms with Gasteiger partial charge in [-0.05, 0) is 163 Å². The number of anilines is 6. The first-order valence-corrected chi connectivity index (χ1v) is 30.8. The Morgan fingerprint density at radius 2 is 0.888 bits per heavy atom. The summed E-state index contributed by atoms with van der Waals surface area (Å²) in [5.41, 5.74) is 25.3. The minimum absolute atomic E-state index is 0.715. The summed E-state index contributed by atoms with van der Waals surface area (Å²) in [6.45, 7) is 0. The molecule has 418 valence electrons. The molecule has 0 fully saturated rings. The fourth-order valence-electron chi connectivity index (χ4n) is 14.9. The van der Waals surface area contributed by atoms with Crippen molar-refractivity contribution < 1.29 is 9.15 Å². The van der Waals surface area contributed by atoms with E-state index in [-0.39, 0.29) is 0 Å². The molecule has 1 aromatic heterocycles. The van der Waals surface area contributed by atoms with Crippen LogP contribution in [0, 0.1) is 0 Å². The Hall–Kier alpha value is -11.2. The lowest BCUT2D eigenvalue weighted by atomic mass is 9.66. The molecule has 3 aliphatic rings. The van der Waals surface area contributed by atoms with Crippen molar-refractivity contribution in [3.63, 3.8) is 0 Å². The number of hydrogen-bond acceptors (Lipinski definition) is 4. The van der Waals surface area contributed by atoms with Crippen LogP contribution in [0.5, 0.6) is 11.5 Å². The molecule has 2 aliphatic carbocycles. The van der Waals surface area contributed by atoms with E-state index in [1.165, 1.54) is 38.8 Å². The molecule has 15 aromatic rings. The highest BCUT2D eigenvalue weighted by atomic mass is 35.5. The maximum absolute atomic E-state index is 7.68. The number of fused-ring (bicyclic) bond motifs is 16. The first-order chi connectivity index (χ1) is 44.0. The molecule has 14 aromatic carbocycles. The van der Waals surface area contributed by atoms with E-state index in [9.17, 15) is 0 Å². The molecule has 0 amide bonds. The highest BCUT2D eigenvalue weighted by Crippen LogP contribution is 2.64. The number of ether oxygens (including phenoxy) is 1. The molecule has 18 rings (SSSR count). The van der Waals surface area contributed by atoms with Crippen molar-refractivity contribution in [1.82, 2.24) is 0 Å². The van der Waals surface area contributed by atoms with E-state index < -0.39 is 5.41 Å². The van der Waals surface area contributed by atoms with Gasteiger partial charge in [-0.2, -0.15) is 0 Å². The molecule has 1 aliphatic heterocycles. The van der Waals surface area contributed by atoms with E-state index in [4.69, 9.17) is 20.8 Å². The van der Waals surface area contributed by atoms with Crippen molar-refractivity contribution in [2.24, 2.45) is 0 Å². The van der Waals surface area contributed by atoms with Crippen molar-refractivity contribution in [3.05, 3.63) is 348 Å². The van der Waals surface area contributed by atoms with Crippen LogP contribution in [0.2, 0.25) is 5.02 Å². The Bertz CT molecular complexity index is 5350. The zero-order chi connectivity index (χ0) is 58.7. The van der Waals surface area contributed by atoms with Crippen molar-refractivity contribution in [1.29, 1.82) is 0 Å².